The molecule has 4 heteroatoms. The fourth-order valence-electron chi connectivity index (χ4n) is 3.40. The van der Waals surface area contributed by atoms with Crippen molar-refractivity contribution in [3.8, 4) is 0 Å². The van der Waals surface area contributed by atoms with Crippen LogP contribution < -0.4 is 0 Å². The monoisotopic (exact) mass is 290 g/mol. The topological polar surface area (TPSA) is 74.6 Å². The van der Waals surface area contributed by atoms with Crippen LogP contribution >= 0.6 is 0 Å². The number of benzene rings is 1. The molecule has 1 saturated carbocycles. The molecule has 0 spiro atoms. The Bertz CT molecular complexity index is 509. The van der Waals surface area contributed by atoms with Crippen molar-refractivity contribution >= 4 is 11.9 Å². The van der Waals surface area contributed by atoms with Crippen LogP contribution in [0.4, 0.5) is 0 Å². The van der Waals surface area contributed by atoms with Crippen LogP contribution in [-0.4, -0.2) is 22.2 Å². The number of carboxylic acid groups (broad SMARTS) is 2. The first kappa shape index (κ1) is 15.5. The summed E-state index contributed by atoms with van der Waals surface area (Å²) in [6.07, 6.45) is 4.97. The lowest BCUT2D eigenvalue weighted by Crippen LogP contribution is -2.16. The number of hydrogen-bond donors (Lipinski definition) is 2. The van der Waals surface area contributed by atoms with E-state index in [0.717, 1.165) is 31.2 Å². The van der Waals surface area contributed by atoms with Gasteiger partial charge in [-0.25, -0.2) is 0 Å². The Hall–Kier alpha value is -1.84. The van der Waals surface area contributed by atoms with Gasteiger partial charge in [0.2, 0.25) is 0 Å². The quantitative estimate of drug-likeness (QED) is 0.809. The molecule has 0 bridgehead atoms. The Morgan fingerprint density at radius 1 is 1.00 bits per heavy atom. The summed E-state index contributed by atoms with van der Waals surface area (Å²) in [4.78, 5) is 21.7. The van der Waals surface area contributed by atoms with Crippen molar-refractivity contribution in [2.45, 2.75) is 44.9 Å². The summed E-state index contributed by atoms with van der Waals surface area (Å²) in [6, 6.07) is 7.94. The van der Waals surface area contributed by atoms with E-state index in [1.165, 1.54) is 5.56 Å². The lowest BCUT2D eigenvalue weighted by Gasteiger charge is -2.19. The van der Waals surface area contributed by atoms with Gasteiger partial charge >= 0.3 is 11.9 Å². The smallest absolute Gasteiger partial charge is 0.303 e. The second-order valence-electron chi connectivity index (χ2n) is 5.92. The predicted octanol–water partition coefficient (Wildman–Crippen LogP) is 3.14. The zero-order valence-electron chi connectivity index (χ0n) is 12.1. The molecular formula is C17H22O4. The summed E-state index contributed by atoms with van der Waals surface area (Å²) in [6.45, 7) is 0. The summed E-state index contributed by atoms with van der Waals surface area (Å²) in [5, 5.41) is 17.8. The maximum Gasteiger partial charge on any atom is 0.303 e. The average Bonchev–Trinajstić information content (AvgIpc) is 2.84. The second-order valence-corrected chi connectivity index (χ2v) is 5.92. The van der Waals surface area contributed by atoms with E-state index in [1.807, 2.05) is 24.3 Å². The largest absolute Gasteiger partial charge is 0.481 e. The fourth-order valence-corrected chi connectivity index (χ4v) is 3.40. The van der Waals surface area contributed by atoms with E-state index in [9.17, 15) is 9.59 Å². The highest BCUT2D eigenvalue weighted by Crippen LogP contribution is 2.37. The lowest BCUT2D eigenvalue weighted by atomic mass is 9.85. The molecule has 1 aliphatic carbocycles. The van der Waals surface area contributed by atoms with E-state index in [0.29, 0.717) is 12.3 Å². The standard InChI is InChI=1S/C17H22O4/c18-16(19)9-8-12-4-1-2-5-13(12)10-14-6-3-7-15(14)11-17(20)21/h1-2,4-5,14-15H,3,6-11H2,(H,18,19)(H,20,21). The van der Waals surface area contributed by atoms with Crippen molar-refractivity contribution in [1.82, 2.24) is 0 Å². The Morgan fingerprint density at radius 3 is 2.33 bits per heavy atom. The SMILES string of the molecule is O=C(O)CCc1ccccc1CC1CCCC1CC(=O)O. The molecule has 1 aromatic rings. The third kappa shape index (κ3) is 4.59. The molecule has 2 rings (SSSR count). The van der Waals surface area contributed by atoms with Gasteiger partial charge in [0.25, 0.3) is 0 Å². The maximum atomic E-state index is 10.9. The zero-order valence-corrected chi connectivity index (χ0v) is 12.1. The van der Waals surface area contributed by atoms with Crippen LogP contribution in [0.15, 0.2) is 24.3 Å². The number of hydrogen-bond acceptors (Lipinski definition) is 2. The third-order valence-corrected chi connectivity index (χ3v) is 4.46. The number of aliphatic carboxylic acids is 2. The van der Waals surface area contributed by atoms with Crippen LogP contribution in [0, 0.1) is 11.8 Å². The molecular weight excluding hydrogens is 268 g/mol. The highest BCUT2D eigenvalue weighted by Gasteiger charge is 2.29. The summed E-state index contributed by atoms with van der Waals surface area (Å²) < 4.78 is 0. The molecule has 0 amide bonds. The van der Waals surface area contributed by atoms with Gasteiger partial charge in [-0.1, -0.05) is 30.7 Å². The molecule has 0 heterocycles. The molecule has 2 atom stereocenters. The predicted molar refractivity (Wildman–Crippen MR) is 79.2 cm³/mol. The molecule has 0 aliphatic heterocycles. The summed E-state index contributed by atoms with van der Waals surface area (Å²) >= 11 is 0. The number of carboxylic acids is 2. The minimum atomic E-state index is -0.783. The van der Waals surface area contributed by atoms with Gasteiger partial charge < -0.3 is 10.2 Å². The van der Waals surface area contributed by atoms with E-state index in [2.05, 4.69) is 0 Å². The molecule has 114 valence electrons. The first-order valence-corrected chi connectivity index (χ1v) is 7.56. The van der Waals surface area contributed by atoms with Crippen LogP contribution in [0.25, 0.3) is 0 Å². The van der Waals surface area contributed by atoms with Crippen LogP contribution in [0.1, 0.15) is 43.2 Å². The van der Waals surface area contributed by atoms with E-state index < -0.39 is 11.9 Å². The normalized spacial score (nSPS) is 21.3. The molecule has 1 aliphatic rings. The van der Waals surface area contributed by atoms with Crippen molar-refractivity contribution in [2.75, 3.05) is 0 Å². The third-order valence-electron chi connectivity index (χ3n) is 4.46. The van der Waals surface area contributed by atoms with Crippen molar-refractivity contribution < 1.29 is 19.8 Å². The van der Waals surface area contributed by atoms with Gasteiger partial charge in [0.05, 0.1) is 0 Å². The molecule has 0 saturated heterocycles. The Labute approximate surface area is 124 Å². The number of carbonyl (C=O) groups is 2. The van der Waals surface area contributed by atoms with Crippen LogP contribution in [-0.2, 0) is 22.4 Å². The average molecular weight is 290 g/mol. The molecule has 4 nitrogen and oxygen atoms in total. The minimum absolute atomic E-state index is 0.139. The maximum absolute atomic E-state index is 10.9. The molecule has 0 aromatic heterocycles. The van der Waals surface area contributed by atoms with Gasteiger partial charge in [-0.15, -0.1) is 0 Å². The highest BCUT2D eigenvalue weighted by molar-refractivity contribution is 5.67. The number of rotatable bonds is 7. The van der Waals surface area contributed by atoms with Gasteiger partial charge in [-0.3, -0.25) is 9.59 Å². The lowest BCUT2D eigenvalue weighted by molar-refractivity contribution is -0.138. The van der Waals surface area contributed by atoms with E-state index in [-0.39, 0.29) is 18.8 Å². The van der Waals surface area contributed by atoms with Gasteiger partial charge in [-0.05, 0) is 48.6 Å². The van der Waals surface area contributed by atoms with Gasteiger partial charge in [0.15, 0.2) is 0 Å². The van der Waals surface area contributed by atoms with Crippen molar-refractivity contribution in [1.29, 1.82) is 0 Å². The molecule has 21 heavy (non-hydrogen) atoms. The van der Waals surface area contributed by atoms with Crippen molar-refractivity contribution in [2.24, 2.45) is 11.8 Å². The summed E-state index contributed by atoms with van der Waals surface area (Å²) in [5.74, 6) is -0.831. The molecule has 1 fully saturated rings. The van der Waals surface area contributed by atoms with E-state index >= 15 is 0 Å². The first-order valence-electron chi connectivity index (χ1n) is 7.56. The fraction of sp³-hybridized carbons (Fsp3) is 0.529. The van der Waals surface area contributed by atoms with Crippen LogP contribution in [0.3, 0.4) is 0 Å². The first-order chi connectivity index (χ1) is 10.1. The number of aryl methyl sites for hydroxylation is 1. The summed E-state index contributed by atoms with van der Waals surface area (Å²) in [5.41, 5.74) is 2.27. The van der Waals surface area contributed by atoms with Gasteiger partial charge in [0.1, 0.15) is 0 Å². The Balaban J connectivity index is 2.04. The molecule has 2 unspecified atom stereocenters. The minimum Gasteiger partial charge on any atom is -0.481 e. The van der Waals surface area contributed by atoms with E-state index in [1.54, 1.807) is 0 Å². The van der Waals surface area contributed by atoms with Crippen LogP contribution in [0.2, 0.25) is 0 Å². The Kier molecular flexibility index (Phi) is 5.37. The molecule has 2 N–H and O–H groups in total. The van der Waals surface area contributed by atoms with Gasteiger partial charge in [0, 0.05) is 12.8 Å². The molecule has 1 aromatic carbocycles. The van der Waals surface area contributed by atoms with Crippen molar-refractivity contribution in [3.63, 3.8) is 0 Å². The second kappa shape index (κ2) is 7.25. The summed E-state index contributed by atoms with van der Waals surface area (Å²) in [7, 11) is 0. The van der Waals surface area contributed by atoms with Gasteiger partial charge in [-0.2, -0.15) is 0 Å². The highest BCUT2D eigenvalue weighted by atomic mass is 16.4. The van der Waals surface area contributed by atoms with Crippen molar-refractivity contribution in [3.05, 3.63) is 35.4 Å². The zero-order chi connectivity index (χ0) is 15.2. The Morgan fingerprint density at radius 2 is 1.67 bits per heavy atom. The molecule has 0 radical (unpaired) electrons. The van der Waals surface area contributed by atoms with E-state index in [4.69, 9.17) is 10.2 Å². The van der Waals surface area contributed by atoms with Crippen LogP contribution in [0.5, 0.6) is 0 Å².